The Balaban J connectivity index is 2.15. The van der Waals surface area contributed by atoms with Crippen LogP contribution in [0.1, 0.15) is 23.1 Å². The third-order valence-corrected chi connectivity index (χ3v) is 2.64. The van der Waals surface area contributed by atoms with Crippen molar-refractivity contribution in [2.75, 3.05) is 6.54 Å². The van der Waals surface area contributed by atoms with Gasteiger partial charge in [0.15, 0.2) is 0 Å². The molecule has 0 saturated heterocycles. The van der Waals surface area contributed by atoms with E-state index in [1.165, 1.54) is 6.20 Å². The molecule has 2 aromatic heterocycles. The van der Waals surface area contributed by atoms with Crippen molar-refractivity contribution in [2.24, 2.45) is 0 Å². The van der Waals surface area contributed by atoms with Crippen LogP contribution < -0.4 is 5.56 Å². The number of aromatic nitrogens is 3. The highest BCUT2D eigenvalue weighted by molar-refractivity contribution is 5.91. The number of hydrogen-bond acceptors (Lipinski definition) is 4. The summed E-state index contributed by atoms with van der Waals surface area (Å²) in [5.74, 6) is -0.232. The number of carbonyl (C=O) groups is 1. The van der Waals surface area contributed by atoms with Crippen LogP contribution in [0.5, 0.6) is 0 Å². The highest BCUT2D eigenvalue weighted by Crippen LogP contribution is 2.05. The van der Waals surface area contributed by atoms with Crippen LogP contribution in [0, 0.1) is 0 Å². The highest BCUT2D eigenvalue weighted by atomic mass is 16.2. The minimum Gasteiger partial charge on any atom is -0.332 e. The summed E-state index contributed by atoms with van der Waals surface area (Å²) in [5.41, 5.74) is 0.698. The van der Waals surface area contributed by atoms with Gasteiger partial charge in [-0.25, -0.2) is 4.98 Å². The average molecular weight is 258 g/mol. The van der Waals surface area contributed by atoms with Crippen LogP contribution >= 0.6 is 0 Å². The Morgan fingerprint density at radius 3 is 2.79 bits per heavy atom. The van der Waals surface area contributed by atoms with Crippen molar-refractivity contribution in [3.05, 3.63) is 58.5 Å². The molecule has 0 atom stereocenters. The molecule has 0 aliphatic heterocycles. The van der Waals surface area contributed by atoms with Crippen molar-refractivity contribution in [1.82, 2.24) is 19.9 Å². The molecule has 0 aliphatic carbocycles. The van der Waals surface area contributed by atoms with Gasteiger partial charge in [-0.05, 0) is 19.1 Å². The van der Waals surface area contributed by atoms with E-state index in [0.29, 0.717) is 13.1 Å². The minimum absolute atomic E-state index is 0.220. The summed E-state index contributed by atoms with van der Waals surface area (Å²) >= 11 is 0. The van der Waals surface area contributed by atoms with Gasteiger partial charge in [-0.2, -0.15) is 0 Å². The van der Waals surface area contributed by atoms with Gasteiger partial charge >= 0.3 is 0 Å². The second-order valence-electron chi connectivity index (χ2n) is 3.94. The summed E-state index contributed by atoms with van der Waals surface area (Å²) in [6, 6.07) is 5.56. The molecule has 1 amide bonds. The first kappa shape index (κ1) is 12.9. The summed E-state index contributed by atoms with van der Waals surface area (Å²) in [4.78, 5) is 35.2. The van der Waals surface area contributed by atoms with E-state index in [0.717, 1.165) is 11.9 Å². The van der Waals surface area contributed by atoms with Gasteiger partial charge in [0.05, 0.1) is 18.4 Å². The molecule has 0 unspecified atom stereocenters. The van der Waals surface area contributed by atoms with Crippen LogP contribution in [0.2, 0.25) is 0 Å². The van der Waals surface area contributed by atoms with Crippen LogP contribution in [-0.4, -0.2) is 32.3 Å². The first-order valence-electron chi connectivity index (χ1n) is 5.94. The number of amides is 1. The second-order valence-corrected chi connectivity index (χ2v) is 3.94. The Hall–Kier alpha value is -2.50. The Bertz CT molecular complexity index is 589. The van der Waals surface area contributed by atoms with Crippen LogP contribution in [0.15, 0.2) is 41.6 Å². The zero-order valence-electron chi connectivity index (χ0n) is 10.5. The lowest BCUT2D eigenvalue weighted by atomic mass is 10.3. The summed E-state index contributed by atoms with van der Waals surface area (Å²) in [6.07, 6.45) is 4.11. The van der Waals surface area contributed by atoms with Crippen molar-refractivity contribution in [3.63, 3.8) is 0 Å². The lowest BCUT2D eigenvalue weighted by molar-refractivity contribution is 0.0744. The Morgan fingerprint density at radius 1 is 1.37 bits per heavy atom. The van der Waals surface area contributed by atoms with E-state index in [1.807, 2.05) is 25.1 Å². The normalized spacial score (nSPS) is 10.2. The molecule has 1 N–H and O–H groups in total. The van der Waals surface area contributed by atoms with Crippen molar-refractivity contribution >= 4 is 5.91 Å². The van der Waals surface area contributed by atoms with Crippen molar-refractivity contribution in [3.8, 4) is 0 Å². The molecular formula is C13H14N4O2. The SMILES string of the molecule is CCN(Cc1ccccn1)C(=O)c1c[nH]c(=O)cn1. The maximum absolute atomic E-state index is 12.2. The zero-order valence-corrected chi connectivity index (χ0v) is 10.5. The number of nitrogens with zero attached hydrogens (tertiary/aromatic N) is 3. The van der Waals surface area contributed by atoms with Gasteiger partial charge in [0, 0.05) is 18.9 Å². The fourth-order valence-electron chi connectivity index (χ4n) is 1.64. The molecule has 0 aliphatic rings. The minimum atomic E-state index is -0.329. The molecule has 2 rings (SSSR count). The topological polar surface area (TPSA) is 79.0 Å². The third kappa shape index (κ3) is 3.25. The molecule has 2 aromatic rings. The van der Waals surface area contributed by atoms with Gasteiger partial charge in [0.1, 0.15) is 5.69 Å². The molecule has 19 heavy (non-hydrogen) atoms. The quantitative estimate of drug-likeness (QED) is 0.880. The van der Waals surface area contributed by atoms with Gasteiger partial charge in [-0.1, -0.05) is 6.07 Å². The molecule has 0 saturated carbocycles. The smallest absolute Gasteiger partial charge is 0.274 e. The molecule has 0 aromatic carbocycles. The van der Waals surface area contributed by atoms with E-state index in [9.17, 15) is 9.59 Å². The average Bonchev–Trinajstić information content (AvgIpc) is 2.46. The molecule has 0 spiro atoms. The molecule has 0 bridgehead atoms. The Labute approximate surface area is 110 Å². The van der Waals surface area contributed by atoms with Crippen molar-refractivity contribution in [1.29, 1.82) is 0 Å². The van der Waals surface area contributed by atoms with Crippen molar-refractivity contribution in [2.45, 2.75) is 13.5 Å². The van der Waals surface area contributed by atoms with Gasteiger partial charge < -0.3 is 9.88 Å². The Morgan fingerprint density at radius 2 is 2.21 bits per heavy atom. The third-order valence-electron chi connectivity index (χ3n) is 2.64. The van der Waals surface area contributed by atoms with Gasteiger partial charge in [0.2, 0.25) is 0 Å². The standard InChI is InChI=1S/C13H14N4O2/c1-2-17(9-10-5-3-4-6-14-10)13(19)11-7-16-12(18)8-15-11/h3-8H,2,9H2,1H3,(H,16,18). The van der Waals surface area contributed by atoms with Crippen LogP contribution in [0.25, 0.3) is 0 Å². The molecular weight excluding hydrogens is 244 g/mol. The summed E-state index contributed by atoms with van der Waals surface area (Å²) in [7, 11) is 0. The lowest BCUT2D eigenvalue weighted by Crippen LogP contribution is -2.31. The Kier molecular flexibility index (Phi) is 4.02. The predicted molar refractivity (Wildman–Crippen MR) is 69.5 cm³/mol. The summed E-state index contributed by atoms with van der Waals surface area (Å²) < 4.78 is 0. The molecule has 0 radical (unpaired) electrons. The monoisotopic (exact) mass is 258 g/mol. The number of aromatic amines is 1. The van der Waals surface area contributed by atoms with Gasteiger partial charge in [-0.15, -0.1) is 0 Å². The van der Waals surface area contributed by atoms with Crippen molar-refractivity contribution < 1.29 is 4.79 Å². The van der Waals surface area contributed by atoms with Gasteiger partial charge in [-0.3, -0.25) is 14.6 Å². The number of H-pyrrole nitrogens is 1. The van der Waals surface area contributed by atoms with E-state index in [-0.39, 0.29) is 17.2 Å². The molecule has 0 fully saturated rings. The first-order chi connectivity index (χ1) is 9.20. The predicted octanol–water partition coefficient (Wildman–Crippen LogP) is 0.827. The van der Waals surface area contributed by atoms with E-state index < -0.39 is 0 Å². The number of nitrogens with one attached hydrogen (secondary N) is 1. The van der Waals surface area contributed by atoms with Crippen LogP contribution in [-0.2, 0) is 6.54 Å². The fourth-order valence-corrected chi connectivity index (χ4v) is 1.64. The number of pyridine rings is 1. The van der Waals surface area contributed by atoms with E-state index in [2.05, 4.69) is 15.0 Å². The number of rotatable bonds is 4. The maximum atomic E-state index is 12.2. The van der Waals surface area contributed by atoms with E-state index >= 15 is 0 Å². The zero-order chi connectivity index (χ0) is 13.7. The lowest BCUT2D eigenvalue weighted by Gasteiger charge is -2.19. The van der Waals surface area contributed by atoms with Crippen LogP contribution in [0.3, 0.4) is 0 Å². The van der Waals surface area contributed by atoms with Crippen LogP contribution in [0.4, 0.5) is 0 Å². The second kappa shape index (κ2) is 5.90. The molecule has 98 valence electrons. The molecule has 2 heterocycles. The van der Waals surface area contributed by atoms with E-state index in [1.54, 1.807) is 11.1 Å². The number of carbonyl (C=O) groups excluding carboxylic acids is 1. The van der Waals surface area contributed by atoms with E-state index in [4.69, 9.17) is 0 Å². The largest absolute Gasteiger partial charge is 0.332 e. The highest BCUT2D eigenvalue weighted by Gasteiger charge is 2.16. The molecule has 6 heteroatoms. The summed E-state index contributed by atoms with van der Waals surface area (Å²) in [6.45, 7) is 2.83. The maximum Gasteiger partial charge on any atom is 0.274 e. The number of hydrogen-bond donors (Lipinski definition) is 1. The summed E-state index contributed by atoms with van der Waals surface area (Å²) in [5, 5.41) is 0. The van der Waals surface area contributed by atoms with Gasteiger partial charge in [0.25, 0.3) is 11.5 Å². The fraction of sp³-hybridized carbons (Fsp3) is 0.231. The first-order valence-corrected chi connectivity index (χ1v) is 5.94. The molecule has 6 nitrogen and oxygen atoms in total.